The molecule has 134 valence electrons. The zero-order chi connectivity index (χ0) is 19.0. The molecule has 0 saturated carbocycles. The number of halogens is 1. The summed E-state index contributed by atoms with van der Waals surface area (Å²) in [5.41, 5.74) is 5.35. The SMILES string of the molecule is Cc1cncc(Cl)c1C(C)Sc1cc(-c2cn[nH]c2)cn2ncc(C#N)c12. The number of nitrogens with one attached hydrogen (secondary N) is 1. The highest BCUT2D eigenvalue weighted by Crippen LogP contribution is 2.42. The van der Waals surface area contributed by atoms with E-state index in [-0.39, 0.29) is 5.25 Å². The number of thioether (sulfide) groups is 1. The van der Waals surface area contributed by atoms with Gasteiger partial charge in [0.2, 0.25) is 0 Å². The summed E-state index contributed by atoms with van der Waals surface area (Å²) in [6, 6.07) is 4.29. The van der Waals surface area contributed by atoms with E-state index in [4.69, 9.17) is 11.6 Å². The van der Waals surface area contributed by atoms with Crippen molar-refractivity contribution in [1.82, 2.24) is 24.8 Å². The molecule has 4 aromatic heterocycles. The summed E-state index contributed by atoms with van der Waals surface area (Å²) in [6.07, 6.45) is 10.6. The molecule has 4 rings (SSSR count). The molecule has 1 N–H and O–H groups in total. The van der Waals surface area contributed by atoms with Crippen molar-refractivity contribution < 1.29 is 0 Å². The number of fused-ring (bicyclic) bond motifs is 1. The Bertz CT molecular complexity index is 1140. The van der Waals surface area contributed by atoms with Gasteiger partial charge < -0.3 is 0 Å². The highest BCUT2D eigenvalue weighted by molar-refractivity contribution is 7.99. The number of rotatable bonds is 4. The molecule has 0 amide bonds. The molecule has 4 heterocycles. The van der Waals surface area contributed by atoms with E-state index in [1.807, 2.05) is 25.5 Å². The molecule has 0 bridgehead atoms. The number of aryl methyl sites for hydroxylation is 1. The van der Waals surface area contributed by atoms with E-state index in [1.54, 1.807) is 34.9 Å². The molecule has 0 aliphatic carbocycles. The summed E-state index contributed by atoms with van der Waals surface area (Å²) in [6.45, 7) is 4.10. The lowest BCUT2D eigenvalue weighted by atomic mass is 10.1. The van der Waals surface area contributed by atoms with Crippen molar-refractivity contribution in [2.24, 2.45) is 0 Å². The molecule has 0 aromatic carbocycles. The van der Waals surface area contributed by atoms with Gasteiger partial charge in [0.1, 0.15) is 6.07 Å². The van der Waals surface area contributed by atoms with Gasteiger partial charge in [0, 0.05) is 46.1 Å². The Morgan fingerprint density at radius 3 is 2.81 bits per heavy atom. The molecule has 0 aliphatic rings. The molecule has 1 atom stereocenters. The molecule has 1 unspecified atom stereocenters. The molecule has 8 heteroatoms. The van der Waals surface area contributed by atoms with Gasteiger partial charge in [-0.3, -0.25) is 10.1 Å². The number of nitrogens with zero attached hydrogens (tertiary/aromatic N) is 5. The van der Waals surface area contributed by atoms with Crippen LogP contribution in [-0.4, -0.2) is 24.8 Å². The lowest BCUT2D eigenvalue weighted by Crippen LogP contribution is -1.97. The van der Waals surface area contributed by atoms with Gasteiger partial charge >= 0.3 is 0 Å². The number of hydrogen-bond acceptors (Lipinski definition) is 5. The van der Waals surface area contributed by atoms with E-state index in [1.165, 1.54) is 0 Å². The van der Waals surface area contributed by atoms with E-state index in [0.717, 1.165) is 32.7 Å². The van der Waals surface area contributed by atoms with Gasteiger partial charge in [-0.15, -0.1) is 11.8 Å². The van der Waals surface area contributed by atoms with Crippen molar-refractivity contribution in [1.29, 1.82) is 5.26 Å². The number of aromatic nitrogens is 5. The van der Waals surface area contributed by atoms with Crippen LogP contribution in [0.15, 0.2) is 48.1 Å². The molecule has 0 radical (unpaired) electrons. The van der Waals surface area contributed by atoms with Crippen LogP contribution in [-0.2, 0) is 0 Å². The quantitative estimate of drug-likeness (QED) is 0.502. The van der Waals surface area contributed by atoms with Crippen molar-refractivity contribution in [3.05, 3.63) is 65.0 Å². The van der Waals surface area contributed by atoms with Crippen molar-refractivity contribution in [2.45, 2.75) is 24.0 Å². The summed E-state index contributed by atoms with van der Waals surface area (Å²) in [5, 5.41) is 21.4. The second-order valence-electron chi connectivity index (χ2n) is 6.16. The smallest absolute Gasteiger partial charge is 0.103 e. The number of pyridine rings is 2. The lowest BCUT2D eigenvalue weighted by molar-refractivity contribution is 0.950. The van der Waals surface area contributed by atoms with Gasteiger partial charge in [0.25, 0.3) is 0 Å². The van der Waals surface area contributed by atoms with Gasteiger partial charge in [-0.05, 0) is 31.0 Å². The zero-order valence-electron chi connectivity index (χ0n) is 14.6. The highest BCUT2D eigenvalue weighted by atomic mass is 35.5. The van der Waals surface area contributed by atoms with E-state index in [0.29, 0.717) is 10.6 Å². The van der Waals surface area contributed by atoms with Crippen molar-refractivity contribution in [3.8, 4) is 17.2 Å². The third kappa shape index (κ3) is 3.18. The first-order valence-electron chi connectivity index (χ1n) is 8.25. The summed E-state index contributed by atoms with van der Waals surface area (Å²) in [4.78, 5) is 5.10. The second-order valence-corrected chi connectivity index (χ2v) is 7.95. The molecule has 4 aromatic rings. The fraction of sp³-hybridized carbons (Fsp3) is 0.158. The normalized spacial score (nSPS) is 12.2. The van der Waals surface area contributed by atoms with Gasteiger partial charge in [-0.1, -0.05) is 11.6 Å². The zero-order valence-corrected chi connectivity index (χ0v) is 16.2. The largest absolute Gasteiger partial charge is 0.285 e. The summed E-state index contributed by atoms with van der Waals surface area (Å²) < 4.78 is 1.75. The summed E-state index contributed by atoms with van der Waals surface area (Å²) in [7, 11) is 0. The summed E-state index contributed by atoms with van der Waals surface area (Å²) >= 11 is 8.05. The predicted octanol–water partition coefficient (Wildman–Crippen LogP) is 4.81. The highest BCUT2D eigenvalue weighted by Gasteiger charge is 2.19. The minimum absolute atomic E-state index is 0.0744. The Hall–Kier alpha value is -2.82. The van der Waals surface area contributed by atoms with Crippen LogP contribution >= 0.6 is 23.4 Å². The maximum Gasteiger partial charge on any atom is 0.103 e. The van der Waals surface area contributed by atoms with Crippen LogP contribution in [0.1, 0.15) is 28.9 Å². The van der Waals surface area contributed by atoms with Gasteiger partial charge in [-0.2, -0.15) is 15.5 Å². The molecule has 0 fully saturated rings. The van der Waals surface area contributed by atoms with E-state index in [2.05, 4.69) is 39.3 Å². The molecule has 27 heavy (non-hydrogen) atoms. The fourth-order valence-corrected chi connectivity index (χ4v) is 4.88. The van der Waals surface area contributed by atoms with E-state index in [9.17, 15) is 5.26 Å². The average molecular weight is 395 g/mol. The molecule has 0 spiro atoms. The van der Waals surface area contributed by atoms with Crippen LogP contribution < -0.4 is 0 Å². The van der Waals surface area contributed by atoms with Crippen molar-refractivity contribution in [2.75, 3.05) is 0 Å². The van der Waals surface area contributed by atoms with Gasteiger partial charge in [-0.25, -0.2) is 4.52 Å². The number of aromatic amines is 1. The standard InChI is InChI=1S/C19H15ClN6S/c1-11-5-22-9-16(20)18(11)12(2)27-17-3-13(15-6-23-24-7-15)10-26-19(17)14(4-21)8-25-26/h3,5-10,12H,1-2H3,(H,23,24). The Morgan fingerprint density at radius 2 is 2.11 bits per heavy atom. The van der Waals surface area contributed by atoms with Gasteiger partial charge in [0.15, 0.2) is 0 Å². The maximum absolute atomic E-state index is 9.48. The van der Waals surface area contributed by atoms with Gasteiger partial charge in [0.05, 0.1) is 28.5 Å². The number of H-pyrrole nitrogens is 1. The Morgan fingerprint density at radius 1 is 1.26 bits per heavy atom. The minimum Gasteiger partial charge on any atom is -0.285 e. The van der Waals surface area contributed by atoms with Crippen molar-refractivity contribution >= 4 is 28.9 Å². The minimum atomic E-state index is 0.0744. The van der Waals surface area contributed by atoms with Crippen LogP contribution in [0.4, 0.5) is 0 Å². The van der Waals surface area contributed by atoms with Crippen molar-refractivity contribution in [3.63, 3.8) is 0 Å². The predicted molar refractivity (Wildman–Crippen MR) is 106 cm³/mol. The monoisotopic (exact) mass is 394 g/mol. The molecule has 0 saturated heterocycles. The Labute approximate surface area is 165 Å². The fourth-order valence-electron chi connectivity index (χ4n) is 3.13. The second kappa shape index (κ2) is 7.06. The van der Waals surface area contributed by atoms with Crippen LogP contribution in [0.3, 0.4) is 0 Å². The topological polar surface area (TPSA) is 82.7 Å². The molecule has 6 nitrogen and oxygen atoms in total. The Balaban J connectivity index is 1.84. The maximum atomic E-state index is 9.48. The number of nitriles is 1. The number of hydrogen-bond donors (Lipinski definition) is 1. The third-order valence-corrected chi connectivity index (χ3v) is 5.83. The average Bonchev–Trinajstić information content (AvgIpc) is 3.31. The molecular formula is C19H15ClN6S. The molecular weight excluding hydrogens is 380 g/mol. The van der Waals surface area contributed by atoms with Crippen LogP contribution in [0.5, 0.6) is 0 Å². The Kier molecular flexibility index (Phi) is 4.60. The van der Waals surface area contributed by atoms with Crippen LogP contribution in [0.2, 0.25) is 5.02 Å². The first-order valence-corrected chi connectivity index (χ1v) is 9.51. The van der Waals surface area contributed by atoms with E-state index >= 15 is 0 Å². The van der Waals surface area contributed by atoms with Crippen LogP contribution in [0.25, 0.3) is 16.6 Å². The third-order valence-electron chi connectivity index (χ3n) is 4.38. The summed E-state index contributed by atoms with van der Waals surface area (Å²) in [5.74, 6) is 0. The molecule has 0 aliphatic heterocycles. The lowest BCUT2D eigenvalue weighted by Gasteiger charge is -2.17. The van der Waals surface area contributed by atoms with E-state index < -0.39 is 0 Å². The first kappa shape index (κ1) is 17.6. The first-order chi connectivity index (χ1) is 13.1. The van der Waals surface area contributed by atoms with Crippen LogP contribution in [0, 0.1) is 18.3 Å².